The fourth-order valence-corrected chi connectivity index (χ4v) is 2.29. The van der Waals surface area contributed by atoms with Gasteiger partial charge in [0, 0.05) is 6.04 Å². The Bertz CT molecular complexity index is 98.6. The van der Waals surface area contributed by atoms with Crippen molar-refractivity contribution < 1.29 is 0 Å². The lowest BCUT2D eigenvalue weighted by molar-refractivity contribution is 0.418. The van der Waals surface area contributed by atoms with Crippen molar-refractivity contribution in [2.24, 2.45) is 17.6 Å². The molecular formula is C7H13N. The minimum Gasteiger partial charge on any atom is -0.327 e. The van der Waals surface area contributed by atoms with Gasteiger partial charge in [-0.25, -0.2) is 0 Å². The van der Waals surface area contributed by atoms with Crippen LogP contribution in [0.15, 0.2) is 0 Å². The molecule has 0 radical (unpaired) electrons. The highest BCUT2D eigenvalue weighted by Gasteiger charge is 2.36. The van der Waals surface area contributed by atoms with Gasteiger partial charge in [0.25, 0.3) is 0 Å². The third-order valence-corrected chi connectivity index (χ3v) is 2.79. The van der Waals surface area contributed by atoms with Gasteiger partial charge < -0.3 is 5.73 Å². The normalized spacial score (nSPS) is 52.9. The molecule has 0 aliphatic heterocycles. The highest BCUT2D eigenvalue weighted by Crippen LogP contribution is 2.43. The minimum absolute atomic E-state index is 0.578. The van der Waals surface area contributed by atoms with E-state index in [2.05, 4.69) is 0 Å². The Morgan fingerprint density at radius 2 is 2.00 bits per heavy atom. The van der Waals surface area contributed by atoms with Crippen molar-refractivity contribution in [2.75, 3.05) is 0 Å². The van der Waals surface area contributed by atoms with Gasteiger partial charge in [-0.1, -0.05) is 6.42 Å². The summed E-state index contributed by atoms with van der Waals surface area (Å²) in [6, 6.07) is 0.578. The van der Waals surface area contributed by atoms with Gasteiger partial charge in [-0.2, -0.15) is 0 Å². The number of hydrogen-bond donors (Lipinski definition) is 1. The SMILES string of the molecule is NC1C[C@@H]2CCC1C2. The molecule has 0 aromatic heterocycles. The average Bonchev–Trinajstić information content (AvgIpc) is 2.23. The fraction of sp³-hybridized carbons (Fsp3) is 1.00. The molecule has 0 spiro atoms. The van der Waals surface area contributed by atoms with Gasteiger partial charge in [-0.05, 0) is 31.1 Å². The second-order valence-corrected chi connectivity index (χ2v) is 3.34. The number of rotatable bonds is 0. The van der Waals surface area contributed by atoms with Gasteiger partial charge >= 0.3 is 0 Å². The molecule has 0 aromatic rings. The summed E-state index contributed by atoms with van der Waals surface area (Å²) in [5, 5.41) is 0. The van der Waals surface area contributed by atoms with E-state index < -0.39 is 0 Å². The van der Waals surface area contributed by atoms with E-state index in [1.54, 1.807) is 0 Å². The first kappa shape index (κ1) is 4.80. The molecule has 2 aliphatic carbocycles. The van der Waals surface area contributed by atoms with Crippen LogP contribution in [0.3, 0.4) is 0 Å². The first-order valence-electron chi connectivity index (χ1n) is 3.62. The lowest BCUT2D eigenvalue weighted by Gasteiger charge is -2.15. The fourth-order valence-electron chi connectivity index (χ4n) is 2.29. The maximum Gasteiger partial charge on any atom is 0.00699 e. The molecule has 3 atom stereocenters. The Labute approximate surface area is 50.3 Å². The topological polar surface area (TPSA) is 26.0 Å². The standard InChI is InChI=1S/C7H13N/c8-7-4-5-1-2-6(7)3-5/h5-7H,1-4,8H2/t5-,6?,7?/m1/s1. The van der Waals surface area contributed by atoms with Gasteiger partial charge in [-0.15, -0.1) is 0 Å². The van der Waals surface area contributed by atoms with Gasteiger partial charge in [0.1, 0.15) is 0 Å². The molecule has 46 valence electrons. The van der Waals surface area contributed by atoms with E-state index in [4.69, 9.17) is 5.73 Å². The Balaban J connectivity index is 2.11. The van der Waals surface area contributed by atoms with Crippen LogP contribution in [0.1, 0.15) is 25.7 Å². The van der Waals surface area contributed by atoms with Crippen molar-refractivity contribution >= 4 is 0 Å². The highest BCUT2D eigenvalue weighted by atomic mass is 14.7. The molecule has 2 bridgehead atoms. The Morgan fingerprint density at radius 1 is 1.12 bits per heavy atom. The number of fused-ring (bicyclic) bond motifs is 2. The molecule has 2 aliphatic rings. The molecule has 2 N–H and O–H groups in total. The quantitative estimate of drug-likeness (QED) is 0.498. The van der Waals surface area contributed by atoms with Gasteiger partial charge in [0.15, 0.2) is 0 Å². The maximum absolute atomic E-state index is 5.82. The summed E-state index contributed by atoms with van der Waals surface area (Å²) < 4.78 is 0. The van der Waals surface area contributed by atoms with Crippen LogP contribution in [0.4, 0.5) is 0 Å². The van der Waals surface area contributed by atoms with E-state index in [-0.39, 0.29) is 0 Å². The summed E-state index contributed by atoms with van der Waals surface area (Å²) in [6.45, 7) is 0. The summed E-state index contributed by atoms with van der Waals surface area (Å²) in [5.41, 5.74) is 5.82. The van der Waals surface area contributed by atoms with Crippen LogP contribution in [0.2, 0.25) is 0 Å². The smallest absolute Gasteiger partial charge is 0.00699 e. The second-order valence-electron chi connectivity index (χ2n) is 3.34. The van der Waals surface area contributed by atoms with Crippen LogP contribution in [0, 0.1) is 11.8 Å². The first-order chi connectivity index (χ1) is 3.86. The van der Waals surface area contributed by atoms with Crippen molar-refractivity contribution in [1.82, 2.24) is 0 Å². The summed E-state index contributed by atoms with van der Waals surface area (Å²) in [6.07, 6.45) is 5.66. The van der Waals surface area contributed by atoms with Gasteiger partial charge in [0.05, 0.1) is 0 Å². The Morgan fingerprint density at radius 3 is 2.25 bits per heavy atom. The summed E-state index contributed by atoms with van der Waals surface area (Å²) in [5.74, 6) is 1.94. The van der Waals surface area contributed by atoms with E-state index in [0.717, 1.165) is 11.8 Å². The van der Waals surface area contributed by atoms with Crippen LogP contribution < -0.4 is 5.73 Å². The van der Waals surface area contributed by atoms with Crippen molar-refractivity contribution in [3.05, 3.63) is 0 Å². The molecule has 2 fully saturated rings. The second kappa shape index (κ2) is 1.47. The lowest BCUT2D eigenvalue weighted by atomic mass is 9.96. The highest BCUT2D eigenvalue weighted by molar-refractivity contribution is 4.91. The predicted molar refractivity (Wildman–Crippen MR) is 33.4 cm³/mol. The molecule has 1 heteroatoms. The molecule has 0 aromatic carbocycles. The molecule has 2 rings (SSSR count). The molecule has 0 amide bonds. The first-order valence-corrected chi connectivity index (χ1v) is 3.62. The van der Waals surface area contributed by atoms with E-state index in [0.29, 0.717) is 6.04 Å². The van der Waals surface area contributed by atoms with Crippen LogP contribution in [0.5, 0.6) is 0 Å². The average molecular weight is 111 g/mol. The predicted octanol–water partition coefficient (Wildman–Crippen LogP) is 1.13. The Hall–Kier alpha value is -0.0400. The van der Waals surface area contributed by atoms with Crippen molar-refractivity contribution in [3.8, 4) is 0 Å². The third-order valence-electron chi connectivity index (χ3n) is 2.79. The summed E-state index contributed by atoms with van der Waals surface area (Å²) in [4.78, 5) is 0. The zero-order valence-corrected chi connectivity index (χ0v) is 5.14. The molecular weight excluding hydrogens is 98.1 g/mol. The largest absolute Gasteiger partial charge is 0.327 e. The molecule has 0 saturated heterocycles. The van der Waals surface area contributed by atoms with E-state index >= 15 is 0 Å². The van der Waals surface area contributed by atoms with Crippen molar-refractivity contribution in [1.29, 1.82) is 0 Å². The van der Waals surface area contributed by atoms with Crippen LogP contribution in [-0.4, -0.2) is 6.04 Å². The molecule has 8 heavy (non-hydrogen) atoms. The van der Waals surface area contributed by atoms with Crippen molar-refractivity contribution in [2.45, 2.75) is 31.7 Å². The van der Waals surface area contributed by atoms with Crippen LogP contribution >= 0.6 is 0 Å². The van der Waals surface area contributed by atoms with E-state index in [9.17, 15) is 0 Å². The van der Waals surface area contributed by atoms with Crippen LogP contribution in [-0.2, 0) is 0 Å². The Kier molecular flexibility index (Phi) is 0.884. The maximum atomic E-state index is 5.82. The van der Waals surface area contributed by atoms with Gasteiger partial charge in [-0.3, -0.25) is 0 Å². The third kappa shape index (κ3) is 0.510. The number of nitrogens with two attached hydrogens (primary N) is 1. The molecule has 2 saturated carbocycles. The molecule has 2 unspecified atom stereocenters. The summed E-state index contributed by atoms with van der Waals surface area (Å²) in [7, 11) is 0. The van der Waals surface area contributed by atoms with Gasteiger partial charge in [0.2, 0.25) is 0 Å². The zero-order chi connectivity index (χ0) is 5.56. The zero-order valence-electron chi connectivity index (χ0n) is 5.14. The lowest BCUT2D eigenvalue weighted by Crippen LogP contribution is -2.26. The van der Waals surface area contributed by atoms with E-state index in [1.165, 1.54) is 25.7 Å². The monoisotopic (exact) mass is 111 g/mol. The van der Waals surface area contributed by atoms with Crippen LogP contribution in [0.25, 0.3) is 0 Å². The van der Waals surface area contributed by atoms with Crippen molar-refractivity contribution in [3.63, 3.8) is 0 Å². The van der Waals surface area contributed by atoms with E-state index in [1.807, 2.05) is 0 Å². The number of hydrogen-bond acceptors (Lipinski definition) is 1. The molecule has 1 nitrogen and oxygen atoms in total. The minimum atomic E-state index is 0.578. The summed E-state index contributed by atoms with van der Waals surface area (Å²) >= 11 is 0. The molecule has 0 heterocycles.